The monoisotopic (exact) mass is 406 g/mol. The molecular weight excluding hydrogens is 390 g/mol. The van der Waals surface area contributed by atoms with E-state index in [1.54, 1.807) is 12.1 Å². The number of hydrogen-bond donors (Lipinski definition) is 2. The molecule has 2 aromatic carbocycles. The summed E-state index contributed by atoms with van der Waals surface area (Å²) in [5.41, 5.74) is 1.03. The number of nitrogens with zero attached hydrogens (tertiary/aromatic N) is 2. The summed E-state index contributed by atoms with van der Waals surface area (Å²) in [5.74, 6) is -1.43. The standard InChI is InChI=1S/C18H16F2N4O3S/c1-24(28(26,27)15-7-5-13(19)6-8-15)11-18(25)21-17-10-16(22-23-17)12-3-2-4-14(20)9-12/h2-10H,11H2,1H3,(H2,21,22,23,25). The zero-order valence-corrected chi connectivity index (χ0v) is 15.5. The van der Waals surface area contributed by atoms with Crippen LogP contribution in [0, 0.1) is 11.6 Å². The molecule has 3 aromatic rings. The summed E-state index contributed by atoms with van der Waals surface area (Å²) in [6, 6.07) is 11.6. The zero-order valence-electron chi connectivity index (χ0n) is 14.7. The summed E-state index contributed by atoms with van der Waals surface area (Å²) < 4.78 is 52.0. The van der Waals surface area contributed by atoms with Crippen LogP contribution >= 0.6 is 0 Å². The van der Waals surface area contributed by atoms with E-state index in [9.17, 15) is 22.0 Å². The molecule has 3 rings (SSSR count). The maximum absolute atomic E-state index is 13.3. The SMILES string of the molecule is CN(CC(=O)Nc1cc(-c2cccc(F)c2)[nH]n1)S(=O)(=O)c1ccc(F)cc1. The van der Waals surface area contributed by atoms with Crippen molar-refractivity contribution >= 4 is 21.7 Å². The second-order valence-corrected chi connectivity index (χ2v) is 7.99. The van der Waals surface area contributed by atoms with Gasteiger partial charge in [0, 0.05) is 18.7 Å². The molecule has 1 heterocycles. The summed E-state index contributed by atoms with van der Waals surface area (Å²) in [4.78, 5) is 12.0. The molecule has 146 valence electrons. The average Bonchev–Trinajstić information content (AvgIpc) is 3.10. The molecule has 10 heteroatoms. The largest absolute Gasteiger partial charge is 0.308 e. The Hall–Kier alpha value is -3.11. The number of aromatic amines is 1. The molecule has 0 aliphatic heterocycles. The highest BCUT2D eigenvalue weighted by molar-refractivity contribution is 7.89. The third-order valence-electron chi connectivity index (χ3n) is 3.87. The van der Waals surface area contributed by atoms with E-state index in [1.165, 1.54) is 25.2 Å². The number of nitrogens with one attached hydrogen (secondary N) is 2. The second kappa shape index (κ2) is 7.87. The number of sulfonamides is 1. The Labute approximate surface area is 160 Å². The molecule has 28 heavy (non-hydrogen) atoms. The average molecular weight is 406 g/mol. The van der Waals surface area contributed by atoms with Crippen molar-refractivity contribution in [3.05, 3.63) is 66.2 Å². The van der Waals surface area contributed by atoms with Crippen molar-refractivity contribution in [2.75, 3.05) is 18.9 Å². The van der Waals surface area contributed by atoms with Crippen LogP contribution in [0.15, 0.2) is 59.5 Å². The molecule has 0 saturated heterocycles. The van der Waals surface area contributed by atoms with Crippen LogP contribution in [0.5, 0.6) is 0 Å². The van der Waals surface area contributed by atoms with E-state index in [4.69, 9.17) is 0 Å². The number of hydrogen-bond acceptors (Lipinski definition) is 4. The van der Waals surface area contributed by atoms with Crippen molar-refractivity contribution in [2.24, 2.45) is 0 Å². The van der Waals surface area contributed by atoms with Crippen LogP contribution in [0.3, 0.4) is 0 Å². The number of carbonyl (C=O) groups is 1. The predicted octanol–water partition coefficient (Wildman–Crippen LogP) is 2.61. The summed E-state index contributed by atoms with van der Waals surface area (Å²) in [5, 5.41) is 9.05. The van der Waals surface area contributed by atoms with Gasteiger partial charge in [0.15, 0.2) is 5.82 Å². The Bertz CT molecular complexity index is 1100. The van der Waals surface area contributed by atoms with Gasteiger partial charge in [-0.2, -0.15) is 9.40 Å². The molecule has 0 atom stereocenters. The molecule has 0 bridgehead atoms. The first-order valence-electron chi connectivity index (χ1n) is 8.09. The first-order chi connectivity index (χ1) is 13.3. The van der Waals surface area contributed by atoms with E-state index in [0.717, 1.165) is 28.6 Å². The third-order valence-corrected chi connectivity index (χ3v) is 5.69. The Kier molecular flexibility index (Phi) is 5.52. The number of halogens is 2. The summed E-state index contributed by atoms with van der Waals surface area (Å²) in [6.07, 6.45) is 0. The summed E-state index contributed by atoms with van der Waals surface area (Å²) in [7, 11) is -2.71. The van der Waals surface area contributed by atoms with Gasteiger partial charge in [0.25, 0.3) is 0 Å². The molecule has 0 aliphatic carbocycles. The minimum atomic E-state index is -3.95. The predicted molar refractivity (Wildman–Crippen MR) is 98.8 cm³/mol. The van der Waals surface area contributed by atoms with Crippen LogP contribution in [-0.2, 0) is 14.8 Å². The Balaban J connectivity index is 1.66. The van der Waals surface area contributed by atoms with Gasteiger partial charge in [0.05, 0.1) is 17.1 Å². The highest BCUT2D eigenvalue weighted by Crippen LogP contribution is 2.20. The number of likely N-dealkylation sites (N-methyl/N-ethyl adjacent to an activating group) is 1. The molecule has 0 aliphatic rings. The van der Waals surface area contributed by atoms with Crippen LogP contribution in [0.2, 0.25) is 0 Å². The van der Waals surface area contributed by atoms with Crippen LogP contribution < -0.4 is 5.32 Å². The number of anilines is 1. The van der Waals surface area contributed by atoms with Crippen molar-refractivity contribution in [1.82, 2.24) is 14.5 Å². The second-order valence-electron chi connectivity index (χ2n) is 5.94. The first kappa shape index (κ1) is 19.6. The minimum absolute atomic E-state index is 0.127. The van der Waals surface area contributed by atoms with Crippen molar-refractivity contribution in [3.63, 3.8) is 0 Å². The molecule has 0 radical (unpaired) electrons. The van der Waals surface area contributed by atoms with Crippen molar-refractivity contribution in [1.29, 1.82) is 0 Å². The number of H-pyrrole nitrogens is 1. The maximum Gasteiger partial charge on any atom is 0.243 e. The number of benzene rings is 2. The van der Waals surface area contributed by atoms with E-state index in [1.807, 2.05) is 0 Å². The number of rotatable bonds is 6. The number of amides is 1. The molecule has 0 fully saturated rings. The number of aromatic nitrogens is 2. The minimum Gasteiger partial charge on any atom is -0.308 e. The lowest BCUT2D eigenvalue weighted by atomic mass is 10.1. The van der Waals surface area contributed by atoms with E-state index in [-0.39, 0.29) is 10.7 Å². The Morgan fingerprint density at radius 3 is 2.50 bits per heavy atom. The molecule has 2 N–H and O–H groups in total. The van der Waals surface area contributed by atoms with E-state index in [0.29, 0.717) is 11.3 Å². The molecule has 0 unspecified atom stereocenters. The van der Waals surface area contributed by atoms with Gasteiger partial charge >= 0.3 is 0 Å². The highest BCUT2D eigenvalue weighted by Gasteiger charge is 2.23. The lowest BCUT2D eigenvalue weighted by molar-refractivity contribution is -0.116. The Morgan fingerprint density at radius 2 is 1.82 bits per heavy atom. The molecule has 1 amide bonds. The van der Waals surface area contributed by atoms with Crippen molar-refractivity contribution < 1.29 is 22.0 Å². The fourth-order valence-corrected chi connectivity index (χ4v) is 3.57. The molecular formula is C18H16F2N4O3S. The van der Waals surface area contributed by atoms with Crippen LogP contribution in [0.4, 0.5) is 14.6 Å². The molecule has 1 aromatic heterocycles. The van der Waals surface area contributed by atoms with Gasteiger partial charge < -0.3 is 5.32 Å². The lowest BCUT2D eigenvalue weighted by Gasteiger charge is -2.16. The van der Waals surface area contributed by atoms with Crippen LogP contribution in [0.1, 0.15) is 0 Å². The zero-order chi connectivity index (χ0) is 20.3. The summed E-state index contributed by atoms with van der Waals surface area (Å²) >= 11 is 0. The van der Waals surface area contributed by atoms with Gasteiger partial charge in [-0.3, -0.25) is 9.89 Å². The van der Waals surface area contributed by atoms with Gasteiger partial charge in [0.2, 0.25) is 15.9 Å². The Morgan fingerprint density at radius 1 is 1.11 bits per heavy atom. The summed E-state index contributed by atoms with van der Waals surface area (Å²) in [6.45, 7) is -0.470. The fourth-order valence-electron chi connectivity index (χ4n) is 2.45. The number of carbonyl (C=O) groups excluding carboxylic acids is 1. The third kappa shape index (κ3) is 4.41. The first-order valence-corrected chi connectivity index (χ1v) is 9.53. The van der Waals surface area contributed by atoms with E-state index >= 15 is 0 Å². The van der Waals surface area contributed by atoms with E-state index in [2.05, 4.69) is 15.5 Å². The highest BCUT2D eigenvalue weighted by atomic mass is 32.2. The topological polar surface area (TPSA) is 95.2 Å². The van der Waals surface area contributed by atoms with Crippen molar-refractivity contribution in [2.45, 2.75) is 4.90 Å². The van der Waals surface area contributed by atoms with Crippen molar-refractivity contribution in [3.8, 4) is 11.3 Å². The lowest BCUT2D eigenvalue weighted by Crippen LogP contribution is -2.35. The molecule has 0 spiro atoms. The van der Waals surface area contributed by atoms with Gasteiger partial charge in [-0.1, -0.05) is 12.1 Å². The maximum atomic E-state index is 13.3. The quantitative estimate of drug-likeness (QED) is 0.658. The van der Waals surface area contributed by atoms with Gasteiger partial charge in [-0.15, -0.1) is 0 Å². The van der Waals surface area contributed by atoms with Crippen LogP contribution in [-0.4, -0.2) is 42.4 Å². The van der Waals surface area contributed by atoms with E-state index < -0.39 is 34.1 Å². The smallest absolute Gasteiger partial charge is 0.243 e. The van der Waals surface area contributed by atoms with Gasteiger partial charge in [0.1, 0.15) is 11.6 Å². The van der Waals surface area contributed by atoms with Crippen LogP contribution in [0.25, 0.3) is 11.3 Å². The normalized spacial score (nSPS) is 11.6. The van der Waals surface area contributed by atoms with Gasteiger partial charge in [-0.05, 0) is 36.4 Å². The molecule has 0 saturated carbocycles. The van der Waals surface area contributed by atoms with Gasteiger partial charge in [-0.25, -0.2) is 17.2 Å². The fraction of sp³-hybridized carbons (Fsp3) is 0.111. The molecule has 7 nitrogen and oxygen atoms in total.